The van der Waals surface area contributed by atoms with Gasteiger partial charge in [0, 0.05) is 19.5 Å². The van der Waals surface area contributed by atoms with Crippen LogP contribution in [-0.2, 0) is 17.9 Å². The zero-order valence-electron chi connectivity index (χ0n) is 15.6. The summed E-state index contributed by atoms with van der Waals surface area (Å²) < 4.78 is 3.48. The molecular weight excluding hydrogens is 354 g/mol. The molecule has 7 nitrogen and oxygen atoms in total. The fraction of sp³-hybridized carbons (Fsp3) is 0.238. The lowest BCUT2D eigenvalue weighted by atomic mass is 10.2. The number of hydrogen-bond acceptors (Lipinski definition) is 4. The van der Waals surface area contributed by atoms with E-state index in [-0.39, 0.29) is 24.4 Å². The minimum absolute atomic E-state index is 0.142. The van der Waals surface area contributed by atoms with E-state index in [0.717, 1.165) is 24.0 Å². The molecule has 0 spiro atoms. The van der Waals surface area contributed by atoms with Crippen molar-refractivity contribution in [2.75, 3.05) is 5.32 Å². The fourth-order valence-corrected chi connectivity index (χ4v) is 3.30. The Hall–Kier alpha value is -3.48. The second-order valence-electron chi connectivity index (χ2n) is 6.63. The Morgan fingerprint density at radius 2 is 1.79 bits per heavy atom. The second-order valence-corrected chi connectivity index (χ2v) is 6.63. The van der Waals surface area contributed by atoms with E-state index in [1.165, 1.54) is 10.9 Å². The topological polar surface area (TPSA) is 81.8 Å². The lowest BCUT2D eigenvalue weighted by Gasteiger charge is -2.10. The maximum Gasteiger partial charge on any atom is 0.261 e. The maximum atomic E-state index is 12.5. The first-order chi connectivity index (χ1) is 13.7. The first-order valence-electron chi connectivity index (χ1n) is 9.36. The number of anilines is 1. The van der Waals surface area contributed by atoms with Crippen LogP contribution in [0.25, 0.3) is 21.9 Å². The Bertz CT molecular complexity index is 1210. The largest absolute Gasteiger partial charge is 0.310 e. The summed E-state index contributed by atoms with van der Waals surface area (Å²) in [4.78, 5) is 33.8. The maximum absolute atomic E-state index is 12.5. The van der Waals surface area contributed by atoms with Gasteiger partial charge in [0.05, 0.1) is 28.3 Å². The molecule has 0 aliphatic heterocycles. The third-order valence-corrected chi connectivity index (χ3v) is 4.66. The van der Waals surface area contributed by atoms with Gasteiger partial charge in [-0.25, -0.2) is 9.97 Å². The van der Waals surface area contributed by atoms with Crippen LogP contribution in [-0.4, -0.2) is 25.0 Å². The fourth-order valence-electron chi connectivity index (χ4n) is 3.30. The molecule has 7 heteroatoms. The van der Waals surface area contributed by atoms with Crippen LogP contribution in [0, 0.1) is 0 Å². The minimum atomic E-state index is -0.187. The highest BCUT2D eigenvalue weighted by atomic mass is 16.2. The van der Waals surface area contributed by atoms with E-state index >= 15 is 0 Å². The van der Waals surface area contributed by atoms with Crippen LogP contribution >= 0.6 is 0 Å². The van der Waals surface area contributed by atoms with Crippen LogP contribution in [0.5, 0.6) is 0 Å². The molecule has 0 fully saturated rings. The summed E-state index contributed by atoms with van der Waals surface area (Å²) >= 11 is 0. The van der Waals surface area contributed by atoms with Crippen molar-refractivity contribution in [2.45, 2.75) is 32.9 Å². The van der Waals surface area contributed by atoms with E-state index in [1.807, 2.05) is 34.9 Å². The molecule has 2 aromatic heterocycles. The monoisotopic (exact) mass is 375 g/mol. The highest BCUT2D eigenvalue weighted by molar-refractivity contribution is 5.91. The number of aryl methyl sites for hydroxylation is 2. The quantitative estimate of drug-likeness (QED) is 0.561. The van der Waals surface area contributed by atoms with Crippen LogP contribution < -0.4 is 10.9 Å². The minimum Gasteiger partial charge on any atom is -0.310 e. The zero-order valence-corrected chi connectivity index (χ0v) is 15.6. The molecule has 0 saturated heterocycles. The Kier molecular flexibility index (Phi) is 4.89. The average Bonchev–Trinajstić information content (AvgIpc) is 3.05. The number of rotatable bonds is 6. The van der Waals surface area contributed by atoms with Crippen LogP contribution in [0.3, 0.4) is 0 Å². The number of imidazole rings is 1. The molecule has 1 amide bonds. The van der Waals surface area contributed by atoms with Crippen LogP contribution in [0.1, 0.15) is 19.8 Å². The Balaban J connectivity index is 1.51. The molecule has 0 radical (unpaired) electrons. The summed E-state index contributed by atoms with van der Waals surface area (Å²) in [5.74, 6) is 0.352. The smallest absolute Gasteiger partial charge is 0.261 e. The van der Waals surface area contributed by atoms with E-state index < -0.39 is 0 Å². The summed E-state index contributed by atoms with van der Waals surface area (Å²) in [6.45, 7) is 3.11. The number of carbonyl (C=O) groups excluding carboxylic acids is 1. The van der Waals surface area contributed by atoms with Crippen molar-refractivity contribution >= 4 is 33.8 Å². The number of fused-ring (bicyclic) bond motifs is 2. The third-order valence-electron chi connectivity index (χ3n) is 4.66. The van der Waals surface area contributed by atoms with Gasteiger partial charge in [-0.05, 0) is 30.7 Å². The van der Waals surface area contributed by atoms with Gasteiger partial charge in [-0.2, -0.15) is 0 Å². The molecule has 142 valence electrons. The highest BCUT2D eigenvalue weighted by Gasteiger charge is 2.13. The van der Waals surface area contributed by atoms with Gasteiger partial charge in [-0.3, -0.25) is 19.5 Å². The summed E-state index contributed by atoms with van der Waals surface area (Å²) in [6.07, 6.45) is 2.58. The number of carbonyl (C=O) groups is 1. The SMILES string of the molecule is CCCn1c(NC(=O)CCn2cnc3ccccc3c2=O)nc2ccccc21. The number of benzene rings is 2. The predicted molar refractivity (Wildman–Crippen MR) is 109 cm³/mol. The predicted octanol–water partition coefficient (Wildman–Crippen LogP) is 3.19. The number of hydrogen-bond donors (Lipinski definition) is 1. The standard InChI is InChI=1S/C21H21N5O2/c1-2-12-26-18-10-6-5-9-17(18)23-21(26)24-19(27)11-13-25-14-22-16-8-4-3-7-15(16)20(25)28/h3-10,14H,2,11-13H2,1H3,(H,23,24,27). The zero-order chi connectivity index (χ0) is 19.5. The van der Waals surface area contributed by atoms with Crippen molar-refractivity contribution in [3.05, 3.63) is 65.2 Å². The first kappa shape index (κ1) is 17.9. The molecule has 0 aliphatic rings. The molecular formula is C21H21N5O2. The second kappa shape index (κ2) is 7.64. The van der Waals surface area contributed by atoms with E-state index in [2.05, 4.69) is 22.2 Å². The van der Waals surface area contributed by atoms with Crippen LogP contribution in [0.2, 0.25) is 0 Å². The normalized spacial score (nSPS) is 11.2. The van der Waals surface area contributed by atoms with E-state index in [9.17, 15) is 9.59 Å². The summed E-state index contributed by atoms with van der Waals surface area (Å²) in [5, 5.41) is 3.44. The molecule has 0 unspecified atom stereocenters. The summed E-state index contributed by atoms with van der Waals surface area (Å²) in [7, 11) is 0. The van der Waals surface area contributed by atoms with Crippen molar-refractivity contribution in [3.8, 4) is 0 Å². The van der Waals surface area contributed by atoms with Gasteiger partial charge in [0.25, 0.3) is 5.56 Å². The molecule has 2 heterocycles. The van der Waals surface area contributed by atoms with Crippen molar-refractivity contribution in [1.82, 2.24) is 19.1 Å². The van der Waals surface area contributed by atoms with Gasteiger partial charge in [0.15, 0.2) is 0 Å². The first-order valence-corrected chi connectivity index (χ1v) is 9.36. The Labute approximate surface area is 161 Å². The molecule has 4 rings (SSSR count). The van der Waals surface area contributed by atoms with E-state index in [0.29, 0.717) is 16.9 Å². The highest BCUT2D eigenvalue weighted by Crippen LogP contribution is 2.20. The van der Waals surface area contributed by atoms with Crippen molar-refractivity contribution < 1.29 is 4.79 Å². The van der Waals surface area contributed by atoms with Crippen LogP contribution in [0.4, 0.5) is 5.95 Å². The lowest BCUT2D eigenvalue weighted by molar-refractivity contribution is -0.116. The lowest BCUT2D eigenvalue weighted by Crippen LogP contribution is -2.24. The molecule has 4 aromatic rings. The summed E-state index contributed by atoms with van der Waals surface area (Å²) in [5.41, 5.74) is 2.36. The third kappa shape index (κ3) is 3.38. The summed E-state index contributed by atoms with van der Waals surface area (Å²) in [6, 6.07) is 15.0. The van der Waals surface area contributed by atoms with Gasteiger partial charge in [-0.15, -0.1) is 0 Å². The van der Waals surface area contributed by atoms with Gasteiger partial charge >= 0.3 is 0 Å². The molecule has 0 aliphatic carbocycles. The average molecular weight is 375 g/mol. The molecule has 28 heavy (non-hydrogen) atoms. The van der Waals surface area contributed by atoms with Crippen molar-refractivity contribution in [1.29, 1.82) is 0 Å². The number of aromatic nitrogens is 4. The Morgan fingerprint density at radius 3 is 2.61 bits per heavy atom. The molecule has 1 N–H and O–H groups in total. The van der Waals surface area contributed by atoms with Crippen molar-refractivity contribution in [3.63, 3.8) is 0 Å². The number of nitrogens with zero attached hydrogens (tertiary/aromatic N) is 4. The number of nitrogens with one attached hydrogen (secondary N) is 1. The molecule has 0 bridgehead atoms. The van der Waals surface area contributed by atoms with Crippen molar-refractivity contribution in [2.24, 2.45) is 0 Å². The van der Waals surface area contributed by atoms with E-state index in [4.69, 9.17) is 0 Å². The van der Waals surface area contributed by atoms with Gasteiger partial charge < -0.3 is 4.57 Å². The number of para-hydroxylation sites is 3. The van der Waals surface area contributed by atoms with Crippen LogP contribution in [0.15, 0.2) is 59.7 Å². The van der Waals surface area contributed by atoms with Gasteiger partial charge in [0.1, 0.15) is 0 Å². The molecule has 0 atom stereocenters. The van der Waals surface area contributed by atoms with Gasteiger partial charge in [0.2, 0.25) is 11.9 Å². The molecule has 0 saturated carbocycles. The van der Waals surface area contributed by atoms with E-state index in [1.54, 1.807) is 18.2 Å². The Morgan fingerprint density at radius 1 is 1.04 bits per heavy atom. The van der Waals surface area contributed by atoms with Gasteiger partial charge in [-0.1, -0.05) is 31.2 Å². The number of amides is 1. The molecule has 2 aromatic carbocycles.